The summed E-state index contributed by atoms with van der Waals surface area (Å²) in [7, 11) is 1.67. The van der Waals surface area contributed by atoms with Gasteiger partial charge in [-0.25, -0.2) is 0 Å². The van der Waals surface area contributed by atoms with Crippen molar-refractivity contribution in [3.05, 3.63) is 66.7 Å². The Morgan fingerprint density at radius 2 is 1.33 bits per heavy atom. The number of benzene rings is 3. The highest BCUT2D eigenvalue weighted by Crippen LogP contribution is 2.42. The van der Waals surface area contributed by atoms with Crippen LogP contribution in [0, 0.1) is 0 Å². The van der Waals surface area contributed by atoms with Gasteiger partial charge in [0.2, 0.25) is 0 Å². The number of thioether (sulfide) groups is 2. The third-order valence-electron chi connectivity index (χ3n) is 4.63. The van der Waals surface area contributed by atoms with E-state index in [4.69, 9.17) is 9.15 Å². The first-order valence-electron chi connectivity index (χ1n) is 8.63. The van der Waals surface area contributed by atoms with Crippen LogP contribution in [0.25, 0.3) is 33.4 Å². The third-order valence-corrected chi connectivity index (χ3v) is 6.12. The molecule has 0 saturated heterocycles. The molecule has 4 rings (SSSR count). The van der Waals surface area contributed by atoms with Crippen LogP contribution in [-0.4, -0.2) is 19.6 Å². The molecule has 0 aliphatic heterocycles. The second-order valence-electron chi connectivity index (χ2n) is 6.13. The van der Waals surface area contributed by atoms with E-state index < -0.39 is 0 Å². The first kappa shape index (κ1) is 18.1. The molecule has 1 heterocycles. The number of furan rings is 1. The van der Waals surface area contributed by atoms with E-state index in [1.54, 1.807) is 30.6 Å². The zero-order chi connectivity index (χ0) is 18.8. The van der Waals surface area contributed by atoms with Crippen molar-refractivity contribution in [2.45, 2.75) is 9.79 Å². The molecule has 0 aliphatic carbocycles. The Bertz CT molecular complexity index is 1060. The van der Waals surface area contributed by atoms with Crippen molar-refractivity contribution in [1.82, 2.24) is 0 Å². The number of methoxy groups -OCH3 is 1. The lowest BCUT2D eigenvalue weighted by atomic mass is 9.98. The molecule has 0 saturated carbocycles. The van der Waals surface area contributed by atoms with Crippen LogP contribution in [0.5, 0.6) is 5.75 Å². The minimum Gasteiger partial charge on any atom is -0.497 e. The van der Waals surface area contributed by atoms with E-state index in [0.717, 1.165) is 39.2 Å². The largest absolute Gasteiger partial charge is 0.497 e. The number of rotatable bonds is 5. The average molecular weight is 393 g/mol. The van der Waals surface area contributed by atoms with Crippen molar-refractivity contribution in [3.63, 3.8) is 0 Å². The van der Waals surface area contributed by atoms with Crippen LogP contribution in [0.1, 0.15) is 0 Å². The molecular weight excluding hydrogens is 372 g/mol. The minimum absolute atomic E-state index is 0.796. The smallest absolute Gasteiger partial charge is 0.143 e. The summed E-state index contributed by atoms with van der Waals surface area (Å²) < 4.78 is 11.7. The van der Waals surface area contributed by atoms with Crippen LogP contribution in [0.2, 0.25) is 0 Å². The van der Waals surface area contributed by atoms with Crippen LogP contribution in [0.4, 0.5) is 0 Å². The standard InChI is InChI=1S/C23H20O2S2/c1-24-17-8-13-20-21(14-17)25-23(16-6-11-19(27-3)12-7-16)22(20)15-4-9-18(26-2)10-5-15/h4-14H,1-3H3. The fourth-order valence-electron chi connectivity index (χ4n) is 3.19. The molecule has 27 heavy (non-hydrogen) atoms. The minimum atomic E-state index is 0.796. The van der Waals surface area contributed by atoms with Crippen molar-refractivity contribution in [3.8, 4) is 28.2 Å². The quantitative estimate of drug-likeness (QED) is 0.334. The van der Waals surface area contributed by atoms with Crippen LogP contribution in [0.15, 0.2) is 80.9 Å². The van der Waals surface area contributed by atoms with Crippen LogP contribution in [0.3, 0.4) is 0 Å². The Kier molecular flexibility index (Phi) is 5.19. The topological polar surface area (TPSA) is 22.4 Å². The van der Waals surface area contributed by atoms with Gasteiger partial charge in [0.05, 0.1) is 7.11 Å². The Morgan fingerprint density at radius 1 is 0.741 bits per heavy atom. The summed E-state index contributed by atoms with van der Waals surface area (Å²) in [5.74, 6) is 1.69. The number of hydrogen-bond donors (Lipinski definition) is 0. The van der Waals surface area contributed by atoms with Gasteiger partial charge >= 0.3 is 0 Å². The zero-order valence-electron chi connectivity index (χ0n) is 15.5. The number of ether oxygens (including phenoxy) is 1. The summed E-state index contributed by atoms with van der Waals surface area (Å²) in [4.78, 5) is 2.49. The predicted molar refractivity (Wildman–Crippen MR) is 117 cm³/mol. The lowest BCUT2D eigenvalue weighted by molar-refractivity contribution is 0.414. The molecule has 136 valence electrons. The molecule has 0 aliphatic rings. The zero-order valence-corrected chi connectivity index (χ0v) is 17.1. The van der Waals surface area contributed by atoms with Crippen molar-refractivity contribution in [2.75, 3.05) is 19.6 Å². The second kappa shape index (κ2) is 7.75. The number of hydrogen-bond acceptors (Lipinski definition) is 4. The highest BCUT2D eigenvalue weighted by atomic mass is 32.2. The first-order chi connectivity index (χ1) is 13.2. The predicted octanol–water partition coefficient (Wildman–Crippen LogP) is 7.22. The highest BCUT2D eigenvalue weighted by molar-refractivity contribution is 7.98. The van der Waals surface area contributed by atoms with E-state index in [0.29, 0.717) is 0 Å². The second-order valence-corrected chi connectivity index (χ2v) is 7.88. The monoisotopic (exact) mass is 392 g/mol. The molecule has 2 nitrogen and oxygen atoms in total. The van der Waals surface area contributed by atoms with E-state index in [-0.39, 0.29) is 0 Å². The van der Waals surface area contributed by atoms with E-state index in [1.165, 1.54) is 9.79 Å². The molecule has 0 N–H and O–H groups in total. The van der Waals surface area contributed by atoms with Gasteiger partial charge in [0, 0.05) is 32.4 Å². The van der Waals surface area contributed by atoms with Gasteiger partial charge in [-0.1, -0.05) is 24.3 Å². The Hall–Kier alpha value is -2.30. The molecule has 0 unspecified atom stereocenters. The van der Waals surface area contributed by atoms with Gasteiger partial charge in [0.1, 0.15) is 17.1 Å². The van der Waals surface area contributed by atoms with Gasteiger partial charge in [-0.2, -0.15) is 0 Å². The maximum absolute atomic E-state index is 6.32. The fraction of sp³-hybridized carbons (Fsp3) is 0.130. The average Bonchev–Trinajstić information content (AvgIpc) is 3.12. The molecule has 4 aromatic rings. The number of fused-ring (bicyclic) bond motifs is 1. The summed E-state index contributed by atoms with van der Waals surface area (Å²) in [6.45, 7) is 0. The molecule has 1 aromatic heterocycles. The Labute approximate surface area is 167 Å². The van der Waals surface area contributed by atoms with Crippen LogP contribution >= 0.6 is 23.5 Å². The van der Waals surface area contributed by atoms with Gasteiger partial charge in [0.15, 0.2) is 0 Å². The summed E-state index contributed by atoms with van der Waals surface area (Å²) in [6.07, 6.45) is 4.18. The van der Waals surface area contributed by atoms with Crippen molar-refractivity contribution < 1.29 is 9.15 Å². The molecule has 3 aromatic carbocycles. The summed E-state index contributed by atoms with van der Waals surface area (Å²) in [5, 5.41) is 1.09. The fourth-order valence-corrected chi connectivity index (χ4v) is 4.01. The van der Waals surface area contributed by atoms with E-state index in [2.05, 4.69) is 67.1 Å². The molecule has 0 bridgehead atoms. The lowest BCUT2D eigenvalue weighted by Crippen LogP contribution is -1.83. The maximum atomic E-state index is 6.32. The van der Waals surface area contributed by atoms with Crippen molar-refractivity contribution in [2.24, 2.45) is 0 Å². The van der Waals surface area contributed by atoms with Crippen LogP contribution in [-0.2, 0) is 0 Å². The molecular formula is C23H20O2S2. The van der Waals surface area contributed by atoms with Gasteiger partial charge in [-0.15, -0.1) is 23.5 Å². The lowest BCUT2D eigenvalue weighted by Gasteiger charge is -2.06. The Balaban J connectivity index is 1.94. The van der Waals surface area contributed by atoms with Crippen LogP contribution < -0.4 is 4.74 Å². The Morgan fingerprint density at radius 3 is 1.89 bits per heavy atom. The SMILES string of the molecule is COc1ccc2c(-c3ccc(SC)cc3)c(-c3ccc(SC)cc3)oc2c1. The normalized spacial score (nSPS) is 11.1. The van der Waals surface area contributed by atoms with E-state index in [9.17, 15) is 0 Å². The van der Waals surface area contributed by atoms with E-state index in [1.807, 2.05) is 12.1 Å². The highest BCUT2D eigenvalue weighted by Gasteiger charge is 2.18. The molecule has 0 amide bonds. The van der Waals surface area contributed by atoms with Gasteiger partial charge in [0.25, 0.3) is 0 Å². The van der Waals surface area contributed by atoms with Gasteiger partial charge in [-0.3, -0.25) is 0 Å². The maximum Gasteiger partial charge on any atom is 0.143 e. The molecule has 0 fully saturated rings. The molecule has 0 spiro atoms. The summed E-state index contributed by atoms with van der Waals surface area (Å²) in [6, 6.07) is 23.2. The van der Waals surface area contributed by atoms with E-state index >= 15 is 0 Å². The van der Waals surface area contributed by atoms with Crippen molar-refractivity contribution in [1.29, 1.82) is 0 Å². The summed E-state index contributed by atoms with van der Waals surface area (Å²) in [5.41, 5.74) is 4.19. The molecule has 4 heteroatoms. The molecule has 0 radical (unpaired) electrons. The third kappa shape index (κ3) is 3.47. The van der Waals surface area contributed by atoms with Gasteiger partial charge in [-0.05, 0) is 54.5 Å². The summed E-state index contributed by atoms with van der Waals surface area (Å²) >= 11 is 3.48. The van der Waals surface area contributed by atoms with Crippen molar-refractivity contribution >= 4 is 34.5 Å². The van der Waals surface area contributed by atoms with Gasteiger partial charge < -0.3 is 9.15 Å². The molecule has 0 atom stereocenters. The first-order valence-corrected chi connectivity index (χ1v) is 11.1.